The van der Waals surface area contributed by atoms with E-state index in [-0.39, 0.29) is 11.8 Å². The Morgan fingerprint density at radius 1 is 1.47 bits per heavy atom. The van der Waals surface area contributed by atoms with Gasteiger partial charge >= 0.3 is 5.97 Å². The lowest BCUT2D eigenvalue weighted by Gasteiger charge is -2.34. The highest BCUT2D eigenvalue weighted by Crippen LogP contribution is 2.20. The Kier molecular flexibility index (Phi) is 4.12. The Morgan fingerprint density at radius 2 is 2.13 bits per heavy atom. The van der Waals surface area contributed by atoms with Crippen LogP contribution in [0.4, 0.5) is 0 Å². The van der Waals surface area contributed by atoms with Crippen LogP contribution in [0.15, 0.2) is 0 Å². The molecule has 1 aliphatic rings. The maximum atomic E-state index is 11.9. The molecule has 1 rings (SSSR count). The fourth-order valence-electron chi connectivity index (χ4n) is 1.91. The number of hydrogen-bond acceptors (Lipinski definition) is 2. The van der Waals surface area contributed by atoms with Crippen molar-refractivity contribution in [3.05, 3.63) is 0 Å². The monoisotopic (exact) mass is 213 g/mol. The van der Waals surface area contributed by atoms with Crippen LogP contribution in [0.1, 0.15) is 39.5 Å². The van der Waals surface area contributed by atoms with E-state index in [1.54, 1.807) is 4.90 Å². The van der Waals surface area contributed by atoms with Crippen LogP contribution >= 0.6 is 0 Å². The summed E-state index contributed by atoms with van der Waals surface area (Å²) < 4.78 is 0. The van der Waals surface area contributed by atoms with Crippen molar-refractivity contribution in [1.29, 1.82) is 0 Å². The minimum absolute atomic E-state index is 0.00963. The van der Waals surface area contributed by atoms with Gasteiger partial charge in [-0.2, -0.15) is 0 Å². The van der Waals surface area contributed by atoms with E-state index in [1.807, 2.05) is 13.8 Å². The smallest absolute Gasteiger partial charge is 0.326 e. The first-order valence-corrected chi connectivity index (χ1v) is 5.61. The second-order valence-electron chi connectivity index (χ2n) is 4.19. The number of carboxylic acids is 1. The first-order chi connectivity index (χ1) is 7.07. The molecule has 4 nitrogen and oxygen atoms in total. The number of carbonyl (C=O) groups is 2. The lowest BCUT2D eigenvalue weighted by atomic mass is 9.99. The Hall–Kier alpha value is -1.06. The normalized spacial score (nSPS) is 23.6. The second-order valence-corrected chi connectivity index (χ2v) is 4.19. The third kappa shape index (κ3) is 2.70. The number of piperidine rings is 1. The average molecular weight is 213 g/mol. The van der Waals surface area contributed by atoms with Crippen molar-refractivity contribution in [1.82, 2.24) is 4.90 Å². The Morgan fingerprint density at radius 3 is 2.67 bits per heavy atom. The highest BCUT2D eigenvalue weighted by Gasteiger charge is 2.33. The molecule has 2 atom stereocenters. The summed E-state index contributed by atoms with van der Waals surface area (Å²) in [6.07, 6.45) is 3.19. The number of hydrogen-bond donors (Lipinski definition) is 1. The van der Waals surface area contributed by atoms with E-state index in [1.165, 1.54) is 0 Å². The van der Waals surface area contributed by atoms with Gasteiger partial charge in [0.2, 0.25) is 5.91 Å². The fourth-order valence-corrected chi connectivity index (χ4v) is 1.91. The van der Waals surface area contributed by atoms with Gasteiger partial charge in [-0.25, -0.2) is 4.79 Å². The van der Waals surface area contributed by atoms with Crippen LogP contribution in [0.5, 0.6) is 0 Å². The minimum atomic E-state index is -0.869. The van der Waals surface area contributed by atoms with Crippen molar-refractivity contribution in [2.75, 3.05) is 6.54 Å². The predicted molar refractivity (Wildman–Crippen MR) is 56.4 cm³/mol. The summed E-state index contributed by atoms with van der Waals surface area (Å²) in [5.74, 6) is -0.944. The van der Waals surface area contributed by atoms with E-state index < -0.39 is 12.0 Å². The molecule has 1 N–H and O–H groups in total. The molecular weight excluding hydrogens is 194 g/mol. The van der Waals surface area contributed by atoms with Crippen molar-refractivity contribution in [2.45, 2.75) is 45.6 Å². The minimum Gasteiger partial charge on any atom is -0.480 e. The number of carbonyl (C=O) groups excluding carboxylic acids is 1. The highest BCUT2D eigenvalue weighted by atomic mass is 16.4. The molecule has 1 unspecified atom stereocenters. The molecule has 4 heteroatoms. The Balaban J connectivity index is 2.71. The number of likely N-dealkylation sites (tertiary alicyclic amines) is 1. The van der Waals surface area contributed by atoms with Crippen LogP contribution < -0.4 is 0 Å². The molecule has 0 aromatic heterocycles. The van der Waals surface area contributed by atoms with Gasteiger partial charge in [0, 0.05) is 12.5 Å². The largest absolute Gasteiger partial charge is 0.480 e. The zero-order valence-electron chi connectivity index (χ0n) is 9.40. The molecule has 0 spiro atoms. The zero-order valence-corrected chi connectivity index (χ0v) is 9.40. The maximum absolute atomic E-state index is 11.9. The Bertz CT molecular complexity index is 252. The predicted octanol–water partition coefficient (Wildman–Crippen LogP) is 1.50. The molecular formula is C11H19NO3. The van der Waals surface area contributed by atoms with Gasteiger partial charge in [0.1, 0.15) is 6.04 Å². The molecule has 0 radical (unpaired) electrons. The van der Waals surface area contributed by atoms with E-state index in [2.05, 4.69) is 0 Å². The van der Waals surface area contributed by atoms with Gasteiger partial charge in [0.05, 0.1) is 0 Å². The molecule has 1 heterocycles. The first kappa shape index (κ1) is 12.0. The summed E-state index contributed by atoms with van der Waals surface area (Å²) in [6, 6.07) is -0.597. The maximum Gasteiger partial charge on any atom is 0.326 e. The third-order valence-corrected chi connectivity index (χ3v) is 3.10. The first-order valence-electron chi connectivity index (χ1n) is 5.61. The quantitative estimate of drug-likeness (QED) is 0.772. The molecule has 0 bridgehead atoms. The number of amides is 1. The van der Waals surface area contributed by atoms with Crippen molar-refractivity contribution in [3.63, 3.8) is 0 Å². The average Bonchev–Trinajstić information content (AvgIpc) is 2.27. The molecule has 86 valence electrons. The van der Waals surface area contributed by atoms with Crippen LogP contribution in [-0.2, 0) is 9.59 Å². The van der Waals surface area contributed by atoms with E-state index >= 15 is 0 Å². The number of carboxylic acid groups (broad SMARTS) is 1. The van der Waals surface area contributed by atoms with Crippen LogP contribution in [-0.4, -0.2) is 34.5 Å². The molecule has 1 saturated heterocycles. The van der Waals surface area contributed by atoms with Crippen LogP contribution in [0.25, 0.3) is 0 Å². The van der Waals surface area contributed by atoms with Crippen molar-refractivity contribution in [2.24, 2.45) is 5.92 Å². The summed E-state index contributed by atoms with van der Waals surface area (Å²) in [5, 5.41) is 9.02. The number of rotatable bonds is 3. The fraction of sp³-hybridized carbons (Fsp3) is 0.818. The number of nitrogens with zero attached hydrogens (tertiary/aromatic N) is 1. The molecule has 0 aliphatic carbocycles. The van der Waals surface area contributed by atoms with Crippen LogP contribution in [0.3, 0.4) is 0 Å². The SMILES string of the molecule is CCC(C)C(=O)N1CCCC[C@@H]1C(=O)O. The summed E-state index contributed by atoms with van der Waals surface area (Å²) in [7, 11) is 0. The molecule has 15 heavy (non-hydrogen) atoms. The summed E-state index contributed by atoms with van der Waals surface area (Å²) >= 11 is 0. The van der Waals surface area contributed by atoms with Gasteiger partial charge in [0.15, 0.2) is 0 Å². The summed E-state index contributed by atoms with van der Waals surface area (Å²) in [5.41, 5.74) is 0. The van der Waals surface area contributed by atoms with Gasteiger partial charge < -0.3 is 10.0 Å². The zero-order chi connectivity index (χ0) is 11.4. The second kappa shape index (κ2) is 5.14. The Labute approximate surface area is 90.3 Å². The van der Waals surface area contributed by atoms with Gasteiger partial charge in [-0.3, -0.25) is 4.79 Å². The third-order valence-electron chi connectivity index (χ3n) is 3.10. The van der Waals surface area contributed by atoms with E-state index in [0.29, 0.717) is 13.0 Å². The van der Waals surface area contributed by atoms with Gasteiger partial charge in [-0.15, -0.1) is 0 Å². The van der Waals surface area contributed by atoms with Crippen molar-refractivity contribution in [3.8, 4) is 0 Å². The van der Waals surface area contributed by atoms with Crippen molar-refractivity contribution >= 4 is 11.9 Å². The highest BCUT2D eigenvalue weighted by molar-refractivity contribution is 5.85. The summed E-state index contributed by atoms with van der Waals surface area (Å²) in [4.78, 5) is 24.4. The van der Waals surface area contributed by atoms with Crippen molar-refractivity contribution < 1.29 is 14.7 Å². The topological polar surface area (TPSA) is 57.6 Å². The van der Waals surface area contributed by atoms with Crippen LogP contribution in [0, 0.1) is 5.92 Å². The molecule has 0 aromatic carbocycles. The van der Waals surface area contributed by atoms with Gasteiger partial charge in [0.25, 0.3) is 0 Å². The standard InChI is InChI=1S/C11H19NO3/c1-3-8(2)10(13)12-7-5-4-6-9(12)11(14)15/h8-9H,3-7H2,1-2H3,(H,14,15)/t8?,9-/m1/s1. The van der Waals surface area contributed by atoms with Gasteiger partial charge in [-0.1, -0.05) is 13.8 Å². The van der Waals surface area contributed by atoms with Gasteiger partial charge in [-0.05, 0) is 25.7 Å². The van der Waals surface area contributed by atoms with E-state index in [0.717, 1.165) is 19.3 Å². The number of aliphatic carboxylic acids is 1. The molecule has 1 amide bonds. The molecule has 0 saturated carbocycles. The van der Waals surface area contributed by atoms with Crippen LogP contribution in [0.2, 0.25) is 0 Å². The molecule has 0 aromatic rings. The molecule has 1 aliphatic heterocycles. The van der Waals surface area contributed by atoms with E-state index in [4.69, 9.17) is 5.11 Å². The molecule has 1 fully saturated rings. The lowest BCUT2D eigenvalue weighted by molar-refractivity contribution is -0.153. The summed E-state index contributed by atoms with van der Waals surface area (Å²) in [6.45, 7) is 4.40. The lowest BCUT2D eigenvalue weighted by Crippen LogP contribution is -2.49. The van der Waals surface area contributed by atoms with E-state index in [9.17, 15) is 9.59 Å².